The van der Waals surface area contributed by atoms with Crippen LogP contribution in [0.3, 0.4) is 0 Å². The van der Waals surface area contributed by atoms with Crippen molar-refractivity contribution in [2.24, 2.45) is 5.73 Å². The molecule has 1 nitrogen and oxygen atoms in total. The Kier molecular flexibility index (Phi) is 7.23. The highest BCUT2D eigenvalue weighted by Gasteiger charge is 1.67. The highest BCUT2D eigenvalue weighted by atomic mass is 14.5. The van der Waals surface area contributed by atoms with Crippen LogP contribution in [0.15, 0.2) is 36.6 Å². The topological polar surface area (TPSA) is 26.0 Å². The molecule has 0 fully saturated rings. The molecule has 0 amide bonds. The Morgan fingerprint density at radius 3 is 2.40 bits per heavy atom. The van der Waals surface area contributed by atoms with Crippen molar-refractivity contribution in [3.05, 3.63) is 36.6 Å². The van der Waals surface area contributed by atoms with Crippen LogP contribution in [0.1, 0.15) is 19.8 Å². The van der Waals surface area contributed by atoms with Gasteiger partial charge in [0.2, 0.25) is 0 Å². The van der Waals surface area contributed by atoms with E-state index in [1.807, 2.05) is 18.2 Å². The van der Waals surface area contributed by atoms with Crippen LogP contribution in [0.25, 0.3) is 0 Å². The molecule has 0 heterocycles. The Morgan fingerprint density at radius 1 is 1.10 bits per heavy atom. The van der Waals surface area contributed by atoms with Crippen LogP contribution in [0.5, 0.6) is 0 Å². The molecule has 0 aliphatic rings. The van der Waals surface area contributed by atoms with Gasteiger partial charge >= 0.3 is 0 Å². The fraction of sp³-hybridized carbons (Fsp3) is 0.333. The Balaban J connectivity index is 3.32. The summed E-state index contributed by atoms with van der Waals surface area (Å²) in [4.78, 5) is 0. The van der Waals surface area contributed by atoms with E-state index >= 15 is 0 Å². The molecule has 1 heteroatoms. The van der Waals surface area contributed by atoms with Gasteiger partial charge in [-0.2, -0.15) is 0 Å². The van der Waals surface area contributed by atoms with Crippen molar-refractivity contribution in [2.45, 2.75) is 19.8 Å². The fourth-order valence-corrected chi connectivity index (χ4v) is 0.534. The summed E-state index contributed by atoms with van der Waals surface area (Å²) < 4.78 is 0. The third-order valence-electron chi connectivity index (χ3n) is 1.04. The largest absolute Gasteiger partial charge is 0.405 e. The molecule has 10 heavy (non-hydrogen) atoms. The van der Waals surface area contributed by atoms with Gasteiger partial charge < -0.3 is 5.73 Å². The quantitative estimate of drug-likeness (QED) is 0.591. The lowest BCUT2D eigenvalue weighted by atomic mass is 10.3. The van der Waals surface area contributed by atoms with E-state index in [2.05, 4.69) is 13.0 Å². The van der Waals surface area contributed by atoms with Gasteiger partial charge in [0.1, 0.15) is 0 Å². The van der Waals surface area contributed by atoms with Crippen molar-refractivity contribution < 1.29 is 0 Å². The van der Waals surface area contributed by atoms with E-state index in [4.69, 9.17) is 5.73 Å². The normalized spacial score (nSPS) is 12.5. The maximum atomic E-state index is 5.11. The maximum absolute atomic E-state index is 5.11. The van der Waals surface area contributed by atoms with Crippen molar-refractivity contribution in [2.75, 3.05) is 0 Å². The van der Waals surface area contributed by atoms with Gasteiger partial charge in [0, 0.05) is 0 Å². The monoisotopic (exact) mass is 137 g/mol. The Morgan fingerprint density at radius 2 is 1.80 bits per heavy atom. The zero-order valence-electron chi connectivity index (χ0n) is 6.46. The fourth-order valence-electron chi connectivity index (χ4n) is 0.534. The van der Waals surface area contributed by atoms with Gasteiger partial charge in [-0.15, -0.1) is 0 Å². The van der Waals surface area contributed by atoms with Gasteiger partial charge in [0.25, 0.3) is 0 Å². The van der Waals surface area contributed by atoms with Gasteiger partial charge in [0.05, 0.1) is 0 Å². The molecule has 0 unspecified atom stereocenters. The zero-order valence-corrected chi connectivity index (χ0v) is 6.46. The van der Waals surface area contributed by atoms with E-state index in [-0.39, 0.29) is 0 Å². The van der Waals surface area contributed by atoms with E-state index in [9.17, 15) is 0 Å². The number of hydrogen-bond donors (Lipinski definition) is 1. The van der Waals surface area contributed by atoms with Crippen molar-refractivity contribution in [3.63, 3.8) is 0 Å². The van der Waals surface area contributed by atoms with Gasteiger partial charge in [-0.05, 0) is 18.7 Å². The SMILES string of the molecule is CCC/C=C/C=C\C=C/N. The molecule has 0 spiro atoms. The molecule has 56 valence electrons. The predicted octanol–water partition coefficient (Wildman–Crippen LogP) is 2.37. The smallest absolute Gasteiger partial charge is 0.00624 e. The molecular weight excluding hydrogens is 122 g/mol. The first-order valence-electron chi connectivity index (χ1n) is 3.62. The molecule has 0 aromatic heterocycles. The third-order valence-corrected chi connectivity index (χ3v) is 1.04. The first-order chi connectivity index (χ1) is 4.91. The van der Waals surface area contributed by atoms with Gasteiger partial charge in [-0.1, -0.05) is 37.6 Å². The first-order valence-corrected chi connectivity index (χ1v) is 3.62. The molecular formula is C9H15N. The number of rotatable bonds is 4. The molecule has 0 aromatic carbocycles. The lowest BCUT2D eigenvalue weighted by Crippen LogP contribution is -1.71. The molecule has 0 atom stereocenters. The van der Waals surface area contributed by atoms with Crippen molar-refractivity contribution in [1.82, 2.24) is 0 Å². The van der Waals surface area contributed by atoms with E-state index < -0.39 is 0 Å². The van der Waals surface area contributed by atoms with Crippen LogP contribution in [0.4, 0.5) is 0 Å². The van der Waals surface area contributed by atoms with Gasteiger partial charge in [-0.3, -0.25) is 0 Å². The third kappa shape index (κ3) is 7.02. The van der Waals surface area contributed by atoms with E-state index in [0.29, 0.717) is 0 Å². The second kappa shape index (κ2) is 8.02. The number of unbranched alkanes of at least 4 members (excludes halogenated alkanes) is 1. The highest BCUT2D eigenvalue weighted by molar-refractivity contribution is 5.10. The molecule has 0 aliphatic carbocycles. The summed E-state index contributed by atoms with van der Waals surface area (Å²) >= 11 is 0. The summed E-state index contributed by atoms with van der Waals surface area (Å²) in [6, 6.07) is 0. The number of hydrogen-bond acceptors (Lipinski definition) is 1. The summed E-state index contributed by atoms with van der Waals surface area (Å²) in [5.74, 6) is 0. The molecule has 0 bridgehead atoms. The number of allylic oxidation sites excluding steroid dienone is 5. The van der Waals surface area contributed by atoms with Crippen LogP contribution in [-0.2, 0) is 0 Å². The average molecular weight is 137 g/mol. The zero-order chi connectivity index (χ0) is 7.66. The Hall–Kier alpha value is -0.980. The first kappa shape index (κ1) is 9.02. The second-order valence-electron chi connectivity index (χ2n) is 1.99. The standard InChI is InChI=1S/C9H15N/c1-2-3-4-5-6-7-8-9-10/h4-9H,2-3,10H2,1H3/b5-4+,7-6-,9-8-. The summed E-state index contributed by atoms with van der Waals surface area (Å²) in [5.41, 5.74) is 5.11. The molecule has 2 N–H and O–H groups in total. The Bertz CT molecular complexity index is 132. The minimum atomic E-state index is 1.15. The summed E-state index contributed by atoms with van der Waals surface area (Å²) in [7, 11) is 0. The minimum Gasteiger partial charge on any atom is -0.405 e. The van der Waals surface area contributed by atoms with Crippen LogP contribution in [0.2, 0.25) is 0 Å². The highest BCUT2D eigenvalue weighted by Crippen LogP contribution is 1.88. The van der Waals surface area contributed by atoms with Gasteiger partial charge in [-0.25, -0.2) is 0 Å². The number of nitrogens with two attached hydrogens (primary N) is 1. The van der Waals surface area contributed by atoms with E-state index in [1.165, 1.54) is 12.6 Å². The lowest BCUT2D eigenvalue weighted by Gasteiger charge is -1.79. The van der Waals surface area contributed by atoms with E-state index in [1.54, 1.807) is 6.08 Å². The molecule has 0 aromatic rings. The van der Waals surface area contributed by atoms with E-state index in [0.717, 1.165) is 6.42 Å². The lowest BCUT2D eigenvalue weighted by molar-refractivity contribution is 0.959. The van der Waals surface area contributed by atoms with Crippen molar-refractivity contribution in [1.29, 1.82) is 0 Å². The summed E-state index contributed by atoms with van der Waals surface area (Å²) in [5, 5.41) is 0. The van der Waals surface area contributed by atoms with Crippen LogP contribution >= 0.6 is 0 Å². The van der Waals surface area contributed by atoms with Crippen LogP contribution in [-0.4, -0.2) is 0 Å². The van der Waals surface area contributed by atoms with Crippen LogP contribution in [0, 0.1) is 0 Å². The summed E-state index contributed by atoms with van der Waals surface area (Å²) in [6.45, 7) is 2.16. The van der Waals surface area contributed by atoms with Gasteiger partial charge in [0.15, 0.2) is 0 Å². The molecule has 0 aliphatic heterocycles. The molecule has 0 saturated carbocycles. The average Bonchev–Trinajstić information content (AvgIpc) is 1.97. The maximum Gasteiger partial charge on any atom is -0.00624 e. The van der Waals surface area contributed by atoms with Crippen molar-refractivity contribution in [3.8, 4) is 0 Å². The second-order valence-corrected chi connectivity index (χ2v) is 1.99. The Labute approximate surface area is 62.9 Å². The predicted molar refractivity (Wildman–Crippen MR) is 46.5 cm³/mol. The summed E-state index contributed by atoms with van der Waals surface area (Å²) in [6.07, 6.45) is 13.7. The molecule has 0 saturated heterocycles. The molecule has 0 radical (unpaired) electrons. The molecule has 0 rings (SSSR count). The van der Waals surface area contributed by atoms with Crippen molar-refractivity contribution >= 4 is 0 Å². The van der Waals surface area contributed by atoms with Crippen LogP contribution < -0.4 is 5.73 Å². The minimum absolute atomic E-state index is 1.15.